The Morgan fingerprint density at radius 2 is 1.95 bits per heavy atom. The van der Waals surface area contributed by atoms with Crippen LogP contribution in [0.2, 0.25) is 8.67 Å². The number of rotatable bonds is 5. The minimum Gasteiger partial charge on any atom is -0.294 e. The summed E-state index contributed by atoms with van der Waals surface area (Å²) in [5.74, 6) is -0.576. The van der Waals surface area contributed by atoms with Gasteiger partial charge in [0.1, 0.15) is 4.34 Å². The molecule has 0 bridgehead atoms. The minimum absolute atomic E-state index is 0.231. The lowest BCUT2D eigenvalue weighted by molar-refractivity contribution is 0.0894. The molecule has 2 heterocycles. The molecule has 0 radical (unpaired) electrons. The van der Waals surface area contributed by atoms with Crippen LogP contribution in [-0.4, -0.2) is 21.3 Å². The third-order valence-electron chi connectivity index (χ3n) is 2.82. The number of halogens is 2. The van der Waals surface area contributed by atoms with Crippen LogP contribution in [0, 0.1) is 0 Å². The van der Waals surface area contributed by atoms with Gasteiger partial charge < -0.3 is 0 Å². The number of ketones is 2. The number of aryl methyl sites for hydroxylation is 2. The molecule has 20 heavy (non-hydrogen) atoms. The van der Waals surface area contributed by atoms with Crippen molar-refractivity contribution in [1.29, 1.82) is 0 Å². The monoisotopic (exact) mass is 330 g/mol. The van der Waals surface area contributed by atoms with Gasteiger partial charge in [0.25, 0.3) is 0 Å². The second-order valence-corrected chi connectivity index (χ2v) is 6.56. The highest BCUT2D eigenvalue weighted by Gasteiger charge is 2.21. The van der Waals surface area contributed by atoms with Gasteiger partial charge in [-0.05, 0) is 12.5 Å². The predicted octanol–water partition coefficient (Wildman–Crippen LogP) is 3.81. The number of hydrogen-bond donors (Lipinski definition) is 0. The van der Waals surface area contributed by atoms with Crippen LogP contribution in [0.25, 0.3) is 0 Å². The fourth-order valence-electron chi connectivity index (χ4n) is 1.90. The Balaban J connectivity index is 2.19. The number of Topliss-reactive ketones (excluding diaryl/α,β-unsaturated/α-hetero) is 2. The van der Waals surface area contributed by atoms with Gasteiger partial charge >= 0.3 is 0 Å². The highest BCUT2D eigenvalue weighted by atomic mass is 35.5. The van der Waals surface area contributed by atoms with E-state index >= 15 is 0 Å². The van der Waals surface area contributed by atoms with Crippen molar-refractivity contribution >= 4 is 46.1 Å². The average molecular weight is 331 g/mol. The van der Waals surface area contributed by atoms with Crippen LogP contribution in [-0.2, 0) is 13.5 Å². The molecule has 0 amide bonds. The summed E-state index contributed by atoms with van der Waals surface area (Å²) in [6.45, 7) is 1.91. The van der Waals surface area contributed by atoms with Crippen molar-refractivity contribution in [3.8, 4) is 0 Å². The van der Waals surface area contributed by atoms with E-state index in [0.29, 0.717) is 31.9 Å². The van der Waals surface area contributed by atoms with E-state index in [0.717, 1.165) is 11.3 Å². The molecular weight excluding hydrogens is 319 g/mol. The maximum absolute atomic E-state index is 12.2. The third-order valence-corrected chi connectivity index (χ3v) is 4.31. The summed E-state index contributed by atoms with van der Waals surface area (Å²) in [5.41, 5.74) is 1.48. The first kappa shape index (κ1) is 15.2. The Labute approximate surface area is 130 Å². The van der Waals surface area contributed by atoms with Gasteiger partial charge in [-0.3, -0.25) is 14.3 Å². The molecule has 0 N–H and O–H groups in total. The number of nitrogens with zero attached hydrogens (tertiary/aromatic N) is 2. The van der Waals surface area contributed by atoms with E-state index in [1.165, 1.54) is 6.07 Å². The highest BCUT2D eigenvalue weighted by molar-refractivity contribution is 7.20. The molecule has 2 rings (SSSR count). The summed E-state index contributed by atoms with van der Waals surface area (Å²) < 4.78 is 2.32. The molecule has 2 aromatic rings. The molecule has 0 aliphatic heterocycles. The van der Waals surface area contributed by atoms with Crippen molar-refractivity contribution in [2.24, 2.45) is 7.05 Å². The number of thiophene rings is 1. The summed E-state index contributed by atoms with van der Waals surface area (Å²) in [6, 6.07) is 1.49. The highest BCUT2D eigenvalue weighted by Crippen LogP contribution is 2.32. The maximum Gasteiger partial charge on any atom is 0.174 e. The fourth-order valence-corrected chi connectivity index (χ4v) is 3.39. The molecule has 0 aromatic carbocycles. The van der Waals surface area contributed by atoms with Crippen LogP contribution >= 0.6 is 34.5 Å². The second kappa shape index (κ2) is 6.08. The van der Waals surface area contributed by atoms with Crippen LogP contribution in [0.15, 0.2) is 12.3 Å². The lowest BCUT2D eigenvalue weighted by Crippen LogP contribution is -2.09. The summed E-state index contributed by atoms with van der Waals surface area (Å²) in [4.78, 5) is 24.3. The number of hydrogen-bond acceptors (Lipinski definition) is 4. The van der Waals surface area contributed by atoms with E-state index in [1.54, 1.807) is 17.9 Å². The molecule has 2 aromatic heterocycles. The Morgan fingerprint density at radius 3 is 2.50 bits per heavy atom. The van der Waals surface area contributed by atoms with Crippen molar-refractivity contribution in [2.75, 3.05) is 0 Å². The molecule has 0 spiro atoms. The fraction of sp³-hybridized carbons (Fsp3) is 0.308. The Kier molecular flexibility index (Phi) is 4.62. The third kappa shape index (κ3) is 3.11. The zero-order valence-electron chi connectivity index (χ0n) is 10.9. The SMILES string of the molecule is CCc1nn(C)cc1C(=O)CC(=O)c1cc(Cl)sc1Cl. The maximum atomic E-state index is 12.2. The van der Waals surface area contributed by atoms with Gasteiger partial charge in [0.15, 0.2) is 11.6 Å². The molecule has 0 atom stereocenters. The molecular formula is C13H12Cl2N2O2S. The second-order valence-electron chi connectivity index (χ2n) is 4.28. The molecule has 0 saturated carbocycles. The first-order chi connectivity index (χ1) is 9.42. The predicted molar refractivity (Wildman–Crippen MR) is 80.2 cm³/mol. The molecule has 7 heteroatoms. The summed E-state index contributed by atoms with van der Waals surface area (Å²) in [6.07, 6.45) is 2.04. The summed E-state index contributed by atoms with van der Waals surface area (Å²) in [7, 11) is 1.74. The summed E-state index contributed by atoms with van der Waals surface area (Å²) >= 11 is 12.8. The van der Waals surface area contributed by atoms with Crippen LogP contribution in [0.4, 0.5) is 0 Å². The van der Waals surface area contributed by atoms with Gasteiger partial charge in [-0.15, -0.1) is 11.3 Å². The Morgan fingerprint density at radius 1 is 1.30 bits per heavy atom. The minimum atomic E-state index is -0.325. The first-order valence-electron chi connectivity index (χ1n) is 5.96. The van der Waals surface area contributed by atoms with Crippen LogP contribution < -0.4 is 0 Å². The molecule has 0 aliphatic carbocycles. The van der Waals surface area contributed by atoms with Crippen molar-refractivity contribution in [1.82, 2.24) is 9.78 Å². The topological polar surface area (TPSA) is 52.0 Å². The van der Waals surface area contributed by atoms with Gasteiger partial charge in [-0.1, -0.05) is 30.1 Å². The van der Waals surface area contributed by atoms with Crippen molar-refractivity contribution in [3.63, 3.8) is 0 Å². The van der Waals surface area contributed by atoms with E-state index < -0.39 is 0 Å². The lowest BCUT2D eigenvalue weighted by Gasteiger charge is -1.99. The number of carbonyl (C=O) groups is 2. The van der Waals surface area contributed by atoms with Crippen LogP contribution in [0.3, 0.4) is 0 Å². The standard InChI is InChI=1S/C13H12Cl2N2O2S/c1-3-9-8(6-17(2)16-9)11(19)5-10(18)7-4-12(14)20-13(7)15/h4,6H,3,5H2,1-2H3. The zero-order valence-corrected chi connectivity index (χ0v) is 13.3. The van der Waals surface area contributed by atoms with E-state index in [9.17, 15) is 9.59 Å². The molecule has 4 nitrogen and oxygen atoms in total. The first-order valence-corrected chi connectivity index (χ1v) is 7.53. The molecule has 0 saturated heterocycles. The number of carbonyl (C=O) groups excluding carboxylic acids is 2. The van der Waals surface area contributed by atoms with E-state index in [2.05, 4.69) is 5.10 Å². The van der Waals surface area contributed by atoms with Crippen molar-refractivity contribution in [2.45, 2.75) is 19.8 Å². The average Bonchev–Trinajstić information content (AvgIpc) is 2.91. The Hall–Kier alpha value is -1.17. The molecule has 106 valence electrons. The van der Waals surface area contributed by atoms with Gasteiger partial charge in [-0.2, -0.15) is 5.10 Å². The normalized spacial score (nSPS) is 10.8. The van der Waals surface area contributed by atoms with E-state index in [1.807, 2.05) is 6.92 Å². The molecule has 0 unspecified atom stereocenters. The van der Waals surface area contributed by atoms with Crippen LogP contribution in [0.1, 0.15) is 39.8 Å². The van der Waals surface area contributed by atoms with Crippen LogP contribution in [0.5, 0.6) is 0 Å². The quantitative estimate of drug-likeness (QED) is 0.618. The van der Waals surface area contributed by atoms with Gasteiger partial charge in [0, 0.05) is 18.8 Å². The van der Waals surface area contributed by atoms with Gasteiger partial charge in [-0.25, -0.2) is 0 Å². The van der Waals surface area contributed by atoms with E-state index in [4.69, 9.17) is 23.2 Å². The van der Waals surface area contributed by atoms with Gasteiger partial charge in [0.2, 0.25) is 0 Å². The lowest BCUT2D eigenvalue weighted by atomic mass is 10.0. The van der Waals surface area contributed by atoms with Crippen molar-refractivity contribution < 1.29 is 9.59 Å². The number of aromatic nitrogens is 2. The molecule has 0 aliphatic rings. The largest absolute Gasteiger partial charge is 0.294 e. The summed E-state index contributed by atoms with van der Waals surface area (Å²) in [5, 5.41) is 4.19. The smallest absolute Gasteiger partial charge is 0.174 e. The van der Waals surface area contributed by atoms with Gasteiger partial charge in [0.05, 0.1) is 22.0 Å². The van der Waals surface area contributed by atoms with E-state index in [-0.39, 0.29) is 18.0 Å². The Bertz CT molecular complexity index is 676. The zero-order chi connectivity index (χ0) is 14.9. The molecule has 0 fully saturated rings. The van der Waals surface area contributed by atoms with Crippen molar-refractivity contribution in [3.05, 3.63) is 37.8 Å².